The average molecular weight is 394 g/mol. The number of hydrogen-bond acceptors (Lipinski definition) is 3. The molecule has 19 heavy (non-hydrogen) atoms. The average Bonchev–Trinajstić information content (AvgIpc) is 2.33. The van der Waals surface area contributed by atoms with Gasteiger partial charge in [0.25, 0.3) is 0 Å². The van der Waals surface area contributed by atoms with Crippen LogP contribution in [0.25, 0.3) is 0 Å². The summed E-state index contributed by atoms with van der Waals surface area (Å²) < 4.78 is 7.38. The molecule has 0 saturated heterocycles. The number of carbonyl (C=O) groups excluding carboxylic acids is 1. The van der Waals surface area contributed by atoms with Crippen LogP contribution in [-0.4, -0.2) is 19.1 Å². The lowest BCUT2D eigenvalue weighted by Crippen LogP contribution is -2.18. The highest BCUT2D eigenvalue weighted by atomic mass is 79.9. The second kappa shape index (κ2) is 8.55. The minimum Gasteiger partial charge on any atom is -0.492 e. The van der Waals surface area contributed by atoms with Crippen molar-refractivity contribution in [3.05, 3.63) is 26.6 Å². The zero-order valence-corrected chi connectivity index (χ0v) is 14.0. The van der Waals surface area contributed by atoms with E-state index in [1.807, 2.05) is 19.1 Å². The van der Waals surface area contributed by atoms with Gasteiger partial charge in [0.1, 0.15) is 5.75 Å². The first-order valence-electron chi connectivity index (χ1n) is 6.14. The Labute approximate surface area is 130 Å². The van der Waals surface area contributed by atoms with Crippen LogP contribution >= 0.6 is 31.9 Å². The van der Waals surface area contributed by atoms with Gasteiger partial charge in [0.2, 0.25) is 5.91 Å². The van der Waals surface area contributed by atoms with E-state index in [2.05, 4.69) is 37.2 Å². The number of amides is 1. The minimum atomic E-state index is -0.256. The van der Waals surface area contributed by atoms with E-state index < -0.39 is 0 Å². The third kappa shape index (κ3) is 5.93. The predicted molar refractivity (Wildman–Crippen MR) is 83.1 cm³/mol. The normalized spacial score (nSPS) is 10.5. The number of rotatable bonds is 8. The Hall–Kier alpha value is -0.590. The fourth-order valence-corrected chi connectivity index (χ4v) is 3.13. The summed E-state index contributed by atoms with van der Waals surface area (Å²) in [5.74, 6) is 0.563. The molecular weight excluding hydrogens is 376 g/mol. The van der Waals surface area contributed by atoms with Crippen LogP contribution in [0.4, 0.5) is 0 Å². The van der Waals surface area contributed by atoms with E-state index in [0.29, 0.717) is 13.0 Å². The Morgan fingerprint density at radius 3 is 2.53 bits per heavy atom. The lowest BCUT2D eigenvalue weighted by Gasteiger charge is -2.11. The number of benzene rings is 1. The van der Waals surface area contributed by atoms with E-state index in [4.69, 9.17) is 10.5 Å². The summed E-state index contributed by atoms with van der Waals surface area (Å²) in [6.07, 6.45) is 1.18. The van der Waals surface area contributed by atoms with Gasteiger partial charge in [-0.25, -0.2) is 0 Å². The number of nitrogens with two attached hydrogens (primary N) is 1. The van der Waals surface area contributed by atoms with Crippen molar-refractivity contribution in [1.29, 1.82) is 0 Å². The number of halogens is 2. The SMILES string of the molecule is CCOc1c(Br)cc(CNCCCC(N)=O)cc1Br. The van der Waals surface area contributed by atoms with Crippen LogP contribution < -0.4 is 15.8 Å². The van der Waals surface area contributed by atoms with Crippen LogP contribution in [-0.2, 0) is 11.3 Å². The molecular formula is C13H18Br2N2O2. The molecule has 106 valence electrons. The summed E-state index contributed by atoms with van der Waals surface area (Å²) >= 11 is 6.99. The zero-order valence-electron chi connectivity index (χ0n) is 10.8. The smallest absolute Gasteiger partial charge is 0.217 e. The molecule has 1 rings (SSSR count). The van der Waals surface area contributed by atoms with E-state index in [9.17, 15) is 4.79 Å². The van der Waals surface area contributed by atoms with Gasteiger partial charge >= 0.3 is 0 Å². The molecule has 0 spiro atoms. The Morgan fingerprint density at radius 1 is 1.37 bits per heavy atom. The molecule has 0 aromatic heterocycles. The molecule has 0 bridgehead atoms. The van der Waals surface area contributed by atoms with Gasteiger partial charge in [0, 0.05) is 13.0 Å². The molecule has 0 fully saturated rings. The Kier molecular flexibility index (Phi) is 7.41. The van der Waals surface area contributed by atoms with Crippen LogP contribution in [0.15, 0.2) is 21.1 Å². The lowest BCUT2D eigenvalue weighted by atomic mass is 10.2. The maximum absolute atomic E-state index is 10.6. The first-order valence-corrected chi connectivity index (χ1v) is 7.73. The van der Waals surface area contributed by atoms with Crippen molar-refractivity contribution in [2.24, 2.45) is 5.73 Å². The third-order valence-electron chi connectivity index (χ3n) is 2.45. The molecule has 0 aliphatic rings. The topological polar surface area (TPSA) is 64.3 Å². The summed E-state index contributed by atoms with van der Waals surface area (Å²) in [6, 6.07) is 4.05. The number of nitrogens with one attached hydrogen (secondary N) is 1. The highest BCUT2D eigenvalue weighted by molar-refractivity contribution is 9.11. The van der Waals surface area contributed by atoms with Crippen LogP contribution in [0.1, 0.15) is 25.3 Å². The summed E-state index contributed by atoms with van der Waals surface area (Å²) in [5.41, 5.74) is 6.22. The molecule has 0 heterocycles. The summed E-state index contributed by atoms with van der Waals surface area (Å²) in [7, 11) is 0. The maximum Gasteiger partial charge on any atom is 0.217 e. The van der Waals surface area contributed by atoms with E-state index in [1.54, 1.807) is 0 Å². The highest BCUT2D eigenvalue weighted by Gasteiger charge is 2.08. The lowest BCUT2D eigenvalue weighted by molar-refractivity contribution is -0.118. The Balaban J connectivity index is 2.49. The minimum absolute atomic E-state index is 0.256. The molecule has 1 amide bonds. The molecule has 0 unspecified atom stereocenters. The van der Waals surface area contributed by atoms with Crippen molar-refractivity contribution < 1.29 is 9.53 Å². The van der Waals surface area contributed by atoms with Crippen LogP contribution in [0.2, 0.25) is 0 Å². The molecule has 0 atom stereocenters. The second-order valence-corrected chi connectivity index (χ2v) is 5.78. The Morgan fingerprint density at radius 2 is 2.00 bits per heavy atom. The fourth-order valence-electron chi connectivity index (χ4n) is 1.62. The largest absolute Gasteiger partial charge is 0.492 e. The molecule has 0 aliphatic heterocycles. The van der Waals surface area contributed by atoms with E-state index in [1.165, 1.54) is 0 Å². The van der Waals surface area contributed by atoms with Crippen LogP contribution in [0, 0.1) is 0 Å². The van der Waals surface area contributed by atoms with E-state index in [-0.39, 0.29) is 5.91 Å². The number of carbonyl (C=O) groups is 1. The standard InChI is InChI=1S/C13H18Br2N2O2/c1-2-19-13-10(14)6-9(7-11(13)15)8-17-5-3-4-12(16)18/h6-7,17H,2-5,8H2,1H3,(H2,16,18). The van der Waals surface area contributed by atoms with E-state index in [0.717, 1.165) is 39.8 Å². The molecule has 0 saturated carbocycles. The van der Waals surface area contributed by atoms with Gasteiger partial charge in [-0.05, 0) is 69.4 Å². The van der Waals surface area contributed by atoms with Gasteiger partial charge in [-0.1, -0.05) is 0 Å². The van der Waals surface area contributed by atoms with Gasteiger partial charge < -0.3 is 15.8 Å². The summed E-state index contributed by atoms with van der Waals surface area (Å²) in [5, 5.41) is 3.27. The summed E-state index contributed by atoms with van der Waals surface area (Å²) in [4.78, 5) is 10.6. The second-order valence-electron chi connectivity index (χ2n) is 4.07. The van der Waals surface area contributed by atoms with E-state index >= 15 is 0 Å². The Bertz CT molecular complexity index is 416. The molecule has 3 N–H and O–H groups in total. The number of primary amides is 1. The quantitative estimate of drug-likeness (QED) is 0.667. The van der Waals surface area contributed by atoms with Crippen molar-refractivity contribution in [2.45, 2.75) is 26.3 Å². The van der Waals surface area contributed by atoms with Gasteiger partial charge in [-0.2, -0.15) is 0 Å². The van der Waals surface area contributed by atoms with Crippen LogP contribution in [0.5, 0.6) is 5.75 Å². The zero-order chi connectivity index (χ0) is 14.3. The molecule has 4 nitrogen and oxygen atoms in total. The maximum atomic E-state index is 10.6. The molecule has 1 aromatic carbocycles. The first kappa shape index (κ1) is 16.5. The first-order chi connectivity index (χ1) is 9.04. The molecule has 0 radical (unpaired) electrons. The van der Waals surface area contributed by atoms with Gasteiger partial charge in [0.05, 0.1) is 15.6 Å². The predicted octanol–water partition coefficient (Wildman–Crippen LogP) is 2.97. The van der Waals surface area contributed by atoms with Crippen molar-refractivity contribution >= 4 is 37.8 Å². The molecule has 1 aromatic rings. The van der Waals surface area contributed by atoms with Crippen LogP contribution in [0.3, 0.4) is 0 Å². The number of hydrogen-bond donors (Lipinski definition) is 2. The monoisotopic (exact) mass is 392 g/mol. The van der Waals surface area contributed by atoms with Crippen molar-refractivity contribution in [3.63, 3.8) is 0 Å². The van der Waals surface area contributed by atoms with Crippen molar-refractivity contribution in [3.8, 4) is 5.75 Å². The third-order valence-corrected chi connectivity index (χ3v) is 3.63. The summed E-state index contributed by atoms with van der Waals surface area (Å²) in [6.45, 7) is 4.09. The highest BCUT2D eigenvalue weighted by Crippen LogP contribution is 2.34. The van der Waals surface area contributed by atoms with Crippen molar-refractivity contribution in [1.82, 2.24) is 5.32 Å². The molecule has 6 heteroatoms. The number of ether oxygens (including phenoxy) is 1. The van der Waals surface area contributed by atoms with Gasteiger partial charge in [-0.15, -0.1) is 0 Å². The van der Waals surface area contributed by atoms with Gasteiger partial charge in [-0.3, -0.25) is 4.79 Å². The van der Waals surface area contributed by atoms with Crippen molar-refractivity contribution in [2.75, 3.05) is 13.2 Å². The molecule has 0 aliphatic carbocycles. The van der Waals surface area contributed by atoms with Gasteiger partial charge in [0.15, 0.2) is 0 Å². The fraction of sp³-hybridized carbons (Fsp3) is 0.462.